The molecule has 0 bridgehead atoms. The van der Waals surface area contributed by atoms with Crippen LogP contribution in [-0.2, 0) is 6.18 Å². The Hall–Kier alpha value is -3.00. The first-order chi connectivity index (χ1) is 12.8. The Morgan fingerprint density at radius 2 is 1.67 bits per heavy atom. The van der Waals surface area contributed by atoms with Crippen molar-refractivity contribution in [3.63, 3.8) is 0 Å². The second kappa shape index (κ2) is 6.02. The molecule has 2 aliphatic heterocycles. The summed E-state index contributed by atoms with van der Waals surface area (Å²) in [5.41, 5.74) is 5.18. The van der Waals surface area contributed by atoms with Crippen molar-refractivity contribution in [2.75, 3.05) is 10.0 Å². The molecule has 0 spiro atoms. The van der Waals surface area contributed by atoms with Crippen LogP contribution in [0, 0.1) is 5.92 Å². The Labute approximate surface area is 154 Å². The predicted molar refractivity (Wildman–Crippen MR) is 97.0 cm³/mol. The van der Waals surface area contributed by atoms with Gasteiger partial charge in [-0.2, -0.15) is 13.2 Å². The predicted octanol–water partition coefficient (Wildman–Crippen LogP) is 4.59. The van der Waals surface area contributed by atoms with Crippen LogP contribution in [0.5, 0.6) is 0 Å². The molecule has 0 saturated heterocycles. The molecular formula is C19H17F3N4O. The van der Waals surface area contributed by atoms with Crippen molar-refractivity contribution >= 4 is 17.1 Å². The van der Waals surface area contributed by atoms with Gasteiger partial charge in [-0.3, -0.25) is 0 Å². The average molecular weight is 374 g/mol. The summed E-state index contributed by atoms with van der Waals surface area (Å²) in [5, 5.41) is 13.6. The summed E-state index contributed by atoms with van der Waals surface area (Å²) in [5.74, 6) is 0.258. The molecule has 2 N–H and O–H groups in total. The van der Waals surface area contributed by atoms with Gasteiger partial charge in [0.05, 0.1) is 22.6 Å². The molecular weight excluding hydrogens is 357 g/mol. The first kappa shape index (κ1) is 17.4. The fraction of sp³-hybridized carbons (Fsp3) is 0.211. The highest BCUT2D eigenvalue weighted by molar-refractivity contribution is 6.08. The molecule has 2 aliphatic rings. The number of anilines is 2. The Kier molecular flexibility index (Phi) is 3.88. The van der Waals surface area contributed by atoms with Gasteiger partial charge in [-0.15, -0.1) is 5.53 Å². The van der Waals surface area contributed by atoms with E-state index in [-0.39, 0.29) is 11.8 Å². The number of aliphatic imine (C=N–C) groups is 1. The van der Waals surface area contributed by atoms with E-state index in [9.17, 15) is 18.3 Å². The van der Waals surface area contributed by atoms with E-state index in [1.807, 2.05) is 38.1 Å². The van der Waals surface area contributed by atoms with Crippen molar-refractivity contribution in [1.82, 2.24) is 5.53 Å². The smallest absolute Gasteiger partial charge is 0.416 e. The number of alkyl halides is 3. The number of aliphatic hydroxyl groups excluding tert-OH is 1. The lowest BCUT2D eigenvalue weighted by atomic mass is 9.97. The van der Waals surface area contributed by atoms with Gasteiger partial charge in [-0.25, -0.2) is 15.0 Å². The third-order valence-corrected chi connectivity index (χ3v) is 4.47. The molecule has 140 valence electrons. The Balaban J connectivity index is 1.75. The third-order valence-electron chi connectivity index (χ3n) is 4.47. The Morgan fingerprint density at radius 3 is 2.30 bits per heavy atom. The van der Waals surface area contributed by atoms with Gasteiger partial charge in [-0.1, -0.05) is 32.0 Å². The van der Waals surface area contributed by atoms with Gasteiger partial charge in [-0.05, 0) is 36.2 Å². The topological polar surface area (TPSA) is 51.1 Å². The van der Waals surface area contributed by atoms with Gasteiger partial charge in [0.25, 0.3) is 5.88 Å². The van der Waals surface area contributed by atoms with Crippen LogP contribution >= 0.6 is 0 Å². The number of halogens is 3. The standard InChI is InChI=1S/C19H17F3N4O/c1-11(2)16-14-5-3-4-6-15(14)26-17(23-16)18(27)25(24-26)13-9-7-12(8-10-13)19(20,21)22/h3-11,24,27H,1-2H3. The van der Waals surface area contributed by atoms with Gasteiger partial charge in [0.2, 0.25) is 5.82 Å². The van der Waals surface area contributed by atoms with Crippen LogP contribution in [0.1, 0.15) is 25.0 Å². The lowest BCUT2D eigenvalue weighted by molar-refractivity contribution is -0.137. The molecule has 0 aliphatic carbocycles. The minimum Gasteiger partial charge on any atom is -0.491 e. The molecule has 0 saturated carbocycles. The number of aliphatic hydroxyl groups is 1. The minimum absolute atomic E-state index is 0.133. The lowest BCUT2D eigenvalue weighted by Crippen LogP contribution is -2.43. The normalized spacial score (nSPS) is 16.6. The molecule has 0 amide bonds. The highest BCUT2D eigenvalue weighted by Crippen LogP contribution is 2.37. The van der Waals surface area contributed by atoms with E-state index in [0.717, 1.165) is 29.1 Å². The number of hydrogen-bond acceptors (Lipinski definition) is 5. The van der Waals surface area contributed by atoms with Crippen LogP contribution in [0.4, 0.5) is 24.5 Å². The van der Waals surface area contributed by atoms with Crippen LogP contribution in [0.2, 0.25) is 0 Å². The monoisotopic (exact) mass is 374 g/mol. The molecule has 0 fully saturated rings. The van der Waals surface area contributed by atoms with E-state index in [2.05, 4.69) is 10.5 Å². The minimum atomic E-state index is -4.41. The highest BCUT2D eigenvalue weighted by Gasteiger charge is 2.37. The maximum absolute atomic E-state index is 12.8. The maximum atomic E-state index is 12.8. The molecule has 2 aromatic carbocycles. The molecule has 0 unspecified atom stereocenters. The lowest BCUT2D eigenvalue weighted by Gasteiger charge is -2.29. The number of para-hydroxylation sites is 1. The van der Waals surface area contributed by atoms with Crippen molar-refractivity contribution in [3.05, 3.63) is 71.4 Å². The molecule has 0 radical (unpaired) electrons. The molecule has 2 aromatic rings. The van der Waals surface area contributed by atoms with Crippen LogP contribution < -0.4 is 15.6 Å². The Bertz CT molecular complexity index is 948. The number of hydrogen-bond donors (Lipinski definition) is 2. The van der Waals surface area contributed by atoms with Gasteiger partial charge in [0, 0.05) is 5.56 Å². The molecule has 0 atom stereocenters. The van der Waals surface area contributed by atoms with E-state index >= 15 is 0 Å². The molecule has 5 nitrogen and oxygen atoms in total. The number of rotatable bonds is 2. The summed E-state index contributed by atoms with van der Waals surface area (Å²) in [7, 11) is 0. The first-order valence-corrected chi connectivity index (χ1v) is 8.42. The quantitative estimate of drug-likeness (QED) is 0.807. The third kappa shape index (κ3) is 2.82. The van der Waals surface area contributed by atoms with E-state index in [1.54, 1.807) is 5.01 Å². The summed E-state index contributed by atoms with van der Waals surface area (Å²) in [4.78, 5) is 4.59. The van der Waals surface area contributed by atoms with Crippen molar-refractivity contribution in [3.8, 4) is 0 Å². The molecule has 8 heteroatoms. The fourth-order valence-electron chi connectivity index (χ4n) is 3.14. The molecule has 2 heterocycles. The van der Waals surface area contributed by atoms with Crippen molar-refractivity contribution in [2.24, 2.45) is 10.9 Å². The van der Waals surface area contributed by atoms with Crippen LogP contribution in [0.3, 0.4) is 0 Å². The van der Waals surface area contributed by atoms with Gasteiger partial charge in [0.15, 0.2) is 0 Å². The summed E-state index contributed by atoms with van der Waals surface area (Å²) in [6.45, 7) is 4.03. The molecule has 27 heavy (non-hydrogen) atoms. The summed E-state index contributed by atoms with van der Waals surface area (Å²) in [6, 6.07) is 12.2. The van der Waals surface area contributed by atoms with Crippen LogP contribution in [0.25, 0.3) is 0 Å². The number of benzene rings is 2. The number of fused-ring (bicyclic) bond motifs is 3. The number of nitrogens with one attached hydrogen (secondary N) is 1. The summed E-state index contributed by atoms with van der Waals surface area (Å²) < 4.78 is 38.4. The van der Waals surface area contributed by atoms with Gasteiger partial charge >= 0.3 is 6.18 Å². The fourth-order valence-corrected chi connectivity index (χ4v) is 3.14. The second-order valence-corrected chi connectivity index (χ2v) is 6.63. The SMILES string of the molecule is CC(C)C1=NC2=C(O)N(c3ccc(C(F)(F)F)cc3)NN2c2ccccc21. The highest BCUT2D eigenvalue weighted by atomic mass is 19.4. The van der Waals surface area contributed by atoms with E-state index in [4.69, 9.17) is 0 Å². The second-order valence-electron chi connectivity index (χ2n) is 6.63. The zero-order valence-corrected chi connectivity index (χ0v) is 14.6. The average Bonchev–Trinajstić information content (AvgIpc) is 2.97. The van der Waals surface area contributed by atoms with Crippen LogP contribution in [-0.4, -0.2) is 10.8 Å². The summed E-state index contributed by atoms with van der Waals surface area (Å²) in [6.07, 6.45) is -4.41. The first-order valence-electron chi connectivity index (χ1n) is 8.42. The number of nitrogens with zero attached hydrogens (tertiary/aromatic N) is 3. The Morgan fingerprint density at radius 1 is 1.00 bits per heavy atom. The molecule has 0 aromatic heterocycles. The van der Waals surface area contributed by atoms with E-state index < -0.39 is 11.7 Å². The maximum Gasteiger partial charge on any atom is 0.416 e. The van der Waals surface area contributed by atoms with Crippen molar-refractivity contribution in [2.45, 2.75) is 20.0 Å². The van der Waals surface area contributed by atoms with E-state index in [0.29, 0.717) is 11.5 Å². The van der Waals surface area contributed by atoms with Crippen LogP contribution in [0.15, 0.2) is 65.2 Å². The zero-order chi connectivity index (χ0) is 19.3. The van der Waals surface area contributed by atoms with Gasteiger partial charge in [0.1, 0.15) is 0 Å². The zero-order valence-electron chi connectivity index (χ0n) is 14.6. The van der Waals surface area contributed by atoms with E-state index in [1.165, 1.54) is 17.1 Å². The molecule has 4 rings (SSSR count). The summed E-state index contributed by atoms with van der Waals surface area (Å²) >= 11 is 0. The number of hydrazine groups is 2. The van der Waals surface area contributed by atoms with Crippen molar-refractivity contribution in [1.29, 1.82) is 0 Å². The van der Waals surface area contributed by atoms with Crippen molar-refractivity contribution < 1.29 is 18.3 Å². The largest absolute Gasteiger partial charge is 0.491 e. The van der Waals surface area contributed by atoms with Gasteiger partial charge < -0.3 is 5.11 Å².